The maximum absolute atomic E-state index is 12.7. The van der Waals surface area contributed by atoms with Gasteiger partial charge in [-0.1, -0.05) is 244 Å². The van der Waals surface area contributed by atoms with Gasteiger partial charge in [0.1, 0.15) is 12.6 Å². The Morgan fingerprint density at radius 1 is 0.463 bits per heavy atom. The molecule has 0 saturated heterocycles. The van der Waals surface area contributed by atoms with Gasteiger partial charge in [-0.25, -0.2) is 4.57 Å². The topological polar surface area (TPSA) is 172 Å². The number of carboxylic acid groups (broad SMARTS) is 1. The fraction of sp³-hybridized carbons (Fsp3) is 0.873. The van der Waals surface area contributed by atoms with Crippen LogP contribution in [0.4, 0.5) is 0 Å². The number of ether oxygens (including phenoxy) is 2. The highest BCUT2D eigenvalue weighted by atomic mass is 31.2. The van der Waals surface area contributed by atoms with Crippen LogP contribution in [0, 0.1) is 0 Å². The van der Waals surface area contributed by atoms with Crippen molar-refractivity contribution in [3.8, 4) is 0 Å². The molecule has 3 unspecified atom stereocenters. The van der Waals surface area contributed by atoms with E-state index in [1.54, 1.807) is 0 Å². The fourth-order valence-corrected chi connectivity index (χ4v) is 8.88. The Morgan fingerprint density at radius 2 is 0.791 bits per heavy atom. The summed E-state index contributed by atoms with van der Waals surface area (Å²) >= 11 is 0. The standard InChI is InChI=1S/C55H104NO10P/c1-3-5-7-9-11-13-15-17-19-21-23-25-27-28-30-32-34-36-38-40-42-44-46-53(57)63-48-51(49-64-67(61,62)65-50-52(56)55(59)60)66-54(58)47-45-43-41-39-37-35-33-31-29-26-24-22-20-18-16-14-12-10-8-6-4-2/h16,18,22,24,51-52H,3-15,17,19-21,23,25-50,56H2,1-2H3,(H,59,60)(H,61,62)/b18-16-,24-22-. The molecule has 67 heavy (non-hydrogen) atoms. The number of nitrogens with two attached hydrogens (primary N) is 1. The first-order valence-corrected chi connectivity index (χ1v) is 29.4. The predicted molar refractivity (Wildman–Crippen MR) is 277 cm³/mol. The van der Waals surface area contributed by atoms with Gasteiger partial charge in [0.25, 0.3) is 0 Å². The molecule has 0 aliphatic rings. The van der Waals surface area contributed by atoms with Crippen molar-refractivity contribution in [1.29, 1.82) is 0 Å². The molecule has 0 aromatic carbocycles. The molecule has 4 N–H and O–H groups in total. The number of aliphatic carboxylic acids is 1. The Bertz CT molecular complexity index is 1230. The maximum Gasteiger partial charge on any atom is 0.472 e. The molecule has 394 valence electrons. The van der Waals surface area contributed by atoms with Gasteiger partial charge in [-0.2, -0.15) is 0 Å². The molecule has 11 nitrogen and oxygen atoms in total. The van der Waals surface area contributed by atoms with Crippen LogP contribution in [0.1, 0.15) is 277 Å². The molecular formula is C55H104NO10P. The monoisotopic (exact) mass is 970 g/mol. The second-order valence-electron chi connectivity index (χ2n) is 19.1. The van der Waals surface area contributed by atoms with Crippen molar-refractivity contribution in [2.45, 2.75) is 289 Å². The lowest BCUT2D eigenvalue weighted by atomic mass is 10.0. The largest absolute Gasteiger partial charge is 0.480 e. The van der Waals surface area contributed by atoms with Crippen LogP contribution >= 0.6 is 7.82 Å². The number of allylic oxidation sites excluding steroid dienone is 4. The molecule has 0 rings (SSSR count). The van der Waals surface area contributed by atoms with Gasteiger partial charge in [0, 0.05) is 12.8 Å². The summed E-state index contributed by atoms with van der Waals surface area (Å²) < 4.78 is 32.9. The smallest absolute Gasteiger partial charge is 0.472 e. The third kappa shape index (κ3) is 50.2. The summed E-state index contributed by atoms with van der Waals surface area (Å²) in [6.45, 7) is 2.85. The lowest BCUT2D eigenvalue weighted by molar-refractivity contribution is -0.161. The summed E-state index contributed by atoms with van der Waals surface area (Å²) in [7, 11) is -4.72. The fourth-order valence-electron chi connectivity index (χ4n) is 8.10. The van der Waals surface area contributed by atoms with Crippen LogP contribution in [0.5, 0.6) is 0 Å². The minimum Gasteiger partial charge on any atom is -0.480 e. The minimum absolute atomic E-state index is 0.160. The van der Waals surface area contributed by atoms with Gasteiger partial charge >= 0.3 is 25.7 Å². The van der Waals surface area contributed by atoms with Crippen LogP contribution in [0.2, 0.25) is 0 Å². The number of carbonyl (C=O) groups is 3. The Kier molecular flexibility index (Phi) is 48.8. The van der Waals surface area contributed by atoms with Gasteiger partial charge in [-0.15, -0.1) is 0 Å². The average molecular weight is 970 g/mol. The molecule has 0 spiro atoms. The van der Waals surface area contributed by atoms with Crippen molar-refractivity contribution in [2.24, 2.45) is 5.73 Å². The Hall–Kier alpha value is -2.04. The van der Waals surface area contributed by atoms with Crippen LogP contribution in [-0.4, -0.2) is 59.9 Å². The van der Waals surface area contributed by atoms with E-state index in [0.29, 0.717) is 12.8 Å². The highest BCUT2D eigenvalue weighted by Crippen LogP contribution is 2.43. The van der Waals surface area contributed by atoms with E-state index in [4.69, 9.17) is 29.4 Å². The number of carboxylic acids is 1. The lowest BCUT2D eigenvalue weighted by Gasteiger charge is -2.20. The number of rotatable bonds is 53. The van der Waals surface area contributed by atoms with Crippen molar-refractivity contribution in [3.05, 3.63) is 24.3 Å². The first-order chi connectivity index (χ1) is 32.6. The predicted octanol–water partition coefficient (Wildman–Crippen LogP) is 16.1. The van der Waals surface area contributed by atoms with Gasteiger partial charge < -0.3 is 25.2 Å². The van der Waals surface area contributed by atoms with Crippen LogP contribution in [-0.2, 0) is 37.5 Å². The second kappa shape index (κ2) is 50.4. The van der Waals surface area contributed by atoms with E-state index in [2.05, 4.69) is 38.2 Å². The molecule has 0 aromatic heterocycles. The van der Waals surface area contributed by atoms with Gasteiger partial charge in [0.2, 0.25) is 0 Å². The number of hydrogen-bond acceptors (Lipinski definition) is 9. The van der Waals surface area contributed by atoms with E-state index < -0.39 is 51.1 Å². The number of hydrogen-bond donors (Lipinski definition) is 3. The van der Waals surface area contributed by atoms with Crippen LogP contribution < -0.4 is 5.73 Å². The van der Waals surface area contributed by atoms with E-state index in [1.807, 2.05) is 0 Å². The van der Waals surface area contributed by atoms with Gasteiger partial charge in [-0.05, 0) is 44.9 Å². The first kappa shape index (κ1) is 65.0. The molecule has 0 radical (unpaired) electrons. The molecule has 0 amide bonds. The average Bonchev–Trinajstić information content (AvgIpc) is 3.31. The molecule has 0 fully saturated rings. The Morgan fingerprint density at radius 3 is 1.16 bits per heavy atom. The highest BCUT2D eigenvalue weighted by molar-refractivity contribution is 7.47. The van der Waals surface area contributed by atoms with Crippen molar-refractivity contribution >= 4 is 25.7 Å². The van der Waals surface area contributed by atoms with Crippen LogP contribution in [0.15, 0.2) is 24.3 Å². The third-order valence-corrected chi connectivity index (χ3v) is 13.4. The number of unbranched alkanes of at least 4 members (excludes halogenated alkanes) is 35. The molecule has 0 aliphatic heterocycles. The quantitative estimate of drug-likeness (QED) is 0.0229. The Balaban J connectivity index is 4.17. The van der Waals surface area contributed by atoms with Gasteiger partial charge in [0.05, 0.1) is 13.2 Å². The van der Waals surface area contributed by atoms with Crippen molar-refractivity contribution in [1.82, 2.24) is 0 Å². The molecule has 0 bridgehead atoms. The summed E-state index contributed by atoms with van der Waals surface area (Å²) in [6, 6.07) is -1.52. The number of carbonyl (C=O) groups excluding carboxylic acids is 2. The second-order valence-corrected chi connectivity index (χ2v) is 20.5. The van der Waals surface area contributed by atoms with E-state index >= 15 is 0 Å². The zero-order valence-corrected chi connectivity index (χ0v) is 44.2. The van der Waals surface area contributed by atoms with Crippen LogP contribution in [0.3, 0.4) is 0 Å². The minimum atomic E-state index is -4.72. The van der Waals surface area contributed by atoms with Crippen LogP contribution in [0.25, 0.3) is 0 Å². The zero-order chi connectivity index (χ0) is 49.2. The number of phosphoric acid groups is 1. The molecule has 12 heteroatoms. The number of esters is 2. The summed E-state index contributed by atoms with van der Waals surface area (Å²) in [6.07, 6.45) is 56.7. The Labute approximate surface area is 410 Å². The molecular weight excluding hydrogens is 866 g/mol. The van der Waals surface area contributed by atoms with Crippen molar-refractivity contribution in [3.63, 3.8) is 0 Å². The summed E-state index contributed by atoms with van der Waals surface area (Å²) in [5.74, 6) is -2.36. The molecule has 0 aromatic rings. The summed E-state index contributed by atoms with van der Waals surface area (Å²) in [5, 5.41) is 8.94. The normalized spacial score (nSPS) is 13.6. The van der Waals surface area contributed by atoms with E-state index in [-0.39, 0.29) is 19.4 Å². The van der Waals surface area contributed by atoms with Crippen molar-refractivity contribution < 1.29 is 47.5 Å². The molecule has 0 saturated carbocycles. The van der Waals surface area contributed by atoms with Gasteiger partial charge in [-0.3, -0.25) is 23.4 Å². The van der Waals surface area contributed by atoms with E-state index in [1.165, 1.54) is 186 Å². The summed E-state index contributed by atoms with van der Waals surface area (Å²) in [5.41, 5.74) is 5.36. The third-order valence-electron chi connectivity index (χ3n) is 12.5. The molecule has 0 aliphatic carbocycles. The summed E-state index contributed by atoms with van der Waals surface area (Å²) in [4.78, 5) is 46.3. The highest BCUT2D eigenvalue weighted by Gasteiger charge is 2.28. The zero-order valence-electron chi connectivity index (χ0n) is 43.3. The van der Waals surface area contributed by atoms with Crippen molar-refractivity contribution in [2.75, 3.05) is 19.8 Å². The van der Waals surface area contributed by atoms with Gasteiger partial charge in [0.15, 0.2) is 6.10 Å². The van der Waals surface area contributed by atoms with E-state index in [0.717, 1.165) is 51.4 Å². The molecule has 3 atom stereocenters. The number of phosphoric ester groups is 1. The van der Waals surface area contributed by atoms with E-state index in [9.17, 15) is 23.8 Å². The lowest BCUT2D eigenvalue weighted by Crippen LogP contribution is -2.34. The SMILES string of the molecule is CCCCCCC/C=C\C/C=C\CCCCCCCCCCCC(=O)OC(COC(=O)CCCCCCCCCCCCCCCCCCCCCCCC)COP(=O)(O)OCC(N)C(=O)O. The molecule has 0 heterocycles. The first-order valence-electron chi connectivity index (χ1n) is 27.9. The maximum atomic E-state index is 12.7.